The predicted molar refractivity (Wildman–Crippen MR) is 118 cm³/mol. The fourth-order valence-electron chi connectivity index (χ4n) is 3.55. The van der Waals surface area contributed by atoms with E-state index in [1.165, 1.54) is 5.56 Å². The zero-order valence-electron chi connectivity index (χ0n) is 18.3. The first kappa shape index (κ1) is 21.8. The molecule has 1 aliphatic rings. The molecule has 0 bridgehead atoms. The van der Waals surface area contributed by atoms with Gasteiger partial charge in [0.05, 0.1) is 5.92 Å². The summed E-state index contributed by atoms with van der Waals surface area (Å²) >= 11 is 0. The molecule has 2 aromatic rings. The van der Waals surface area contributed by atoms with Gasteiger partial charge in [-0.1, -0.05) is 32.0 Å². The first-order valence-corrected chi connectivity index (χ1v) is 10.6. The van der Waals surface area contributed by atoms with Crippen LogP contribution in [0.3, 0.4) is 0 Å². The van der Waals surface area contributed by atoms with Crippen molar-refractivity contribution in [1.29, 1.82) is 0 Å². The molecule has 2 amide bonds. The Bertz CT molecular complexity index is 893. The van der Waals surface area contributed by atoms with E-state index in [1.807, 2.05) is 32.0 Å². The lowest BCUT2D eigenvalue weighted by atomic mass is 9.97. The molecule has 0 saturated carbocycles. The van der Waals surface area contributed by atoms with Gasteiger partial charge in [0, 0.05) is 19.3 Å². The van der Waals surface area contributed by atoms with Gasteiger partial charge in [-0.3, -0.25) is 9.59 Å². The zero-order valence-corrected chi connectivity index (χ0v) is 18.3. The Balaban J connectivity index is 1.56. The molecule has 0 aliphatic carbocycles. The lowest BCUT2D eigenvalue weighted by Crippen LogP contribution is -2.45. The van der Waals surface area contributed by atoms with Crippen LogP contribution in [0.5, 0.6) is 5.75 Å². The second-order valence-corrected chi connectivity index (χ2v) is 8.36. The van der Waals surface area contributed by atoms with Crippen LogP contribution in [-0.4, -0.2) is 41.4 Å². The number of piperidine rings is 1. The average molecular weight is 410 g/mol. The van der Waals surface area contributed by atoms with E-state index in [9.17, 15) is 9.59 Å². The molecule has 1 aromatic heterocycles. The minimum absolute atomic E-state index is 0.0176. The Morgan fingerprint density at radius 1 is 1.23 bits per heavy atom. The molecule has 0 spiro atoms. The summed E-state index contributed by atoms with van der Waals surface area (Å²) in [4.78, 5) is 31.3. The van der Waals surface area contributed by atoms with Crippen molar-refractivity contribution in [2.45, 2.75) is 46.5 Å². The summed E-state index contributed by atoms with van der Waals surface area (Å²) < 4.78 is 5.84. The lowest BCUT2D eigenvalue weighted by Gasteiger charge is -2.32. The van der Waals surface area contributed by atoms with Crippen molar-refractivity contribution in [2.24, 2.45) is 5.92 Å². The van der Waals surface area contributed by atoms with Crippen LogP contribution in [0, 0.1) is 19.8 Å². The topological polar surface area (TPSA) is 71.5 Å². The molecule has 1 N–H and O–H groups in total. The van der Waals surface area contributed by atoms with Crippen LogP contribution in [0.25, 0.3) is 0 Å². The summed E-state index contributed by atoms with van der Waals surface area (Å²) in [6, 6.07) is 9.82. The van der Waals surface area contributed by atoms with Crippen molar-refractivity contribution in [3.05, 3.63) is 53.2 Å². The smallest absolute Gasteiger partial charge is 0.260 e. The van der Waals surface area contributed by atoms with Crippen molar-refractivity contribution in [2.75, 3.05) is 25.0 Å². The van der Waals surface area contributed by atoms with Gasteiger partial charge in [-0.15, -0.1) is 0 Å². The first-order valence-electron chi connectivity index (χ1n) is 10.6. The number of hydrogen-bond acceptors (Lipinski definition) is 4. The summed E-state index contributed by atoms with van der Waals surface area (Å²) in [5, 5.41) is 2.86. The number of benzene rings is 1. The monoisotopic (exact) mass is 409 g/mol. The Morgan fingerprint density at radius 3 is 2.73 bits per heavy atom. The largest absolute Gasteiger partial charge is 0.483 e. The molecule has 1 atom stereocenters. The molecule has 1 aliphatic heterocycles. The van der Waals surface area contributed by atoms with Gasteiger partial charge < -0.3 is 15.0 Å². The minimum Gasteiger partial charge on any atom is -0.483 e. The minimum atomic E-state index is -0.239. The second kappa shape index (κ2) is 9.74. The van der Waals surface area contributed by atoms with Gasteiger partial charge in [-0.05, 0) is 61.4 Å². The molecule has 1 unspecified atom stereocenters. The number of hydrogen-bond donors (Lipinski definition) is 1. The zero-order chi connectivity index (χ0) is 21.7. The first-order chi connectivity index (χ1) is 14.3. The van der Waals surface area contributed by atoms with Gasteiger partial charge in [0.25, 0.3) is 5.91 Å². The molecule has 6 heteroatoms. The van der Waals surface area contributed by atoms with E-state index in [4.69, 9.17) is 4.74 Å². The van der Waals surface area contributed by atoms with Gasteiger partial charge in [0.2, 0.25) is 5.91 Å². The highest BCUT2D eigenvalue weighted by molar-refractivity contribution is 5.92. The second-order valence-electron chi connectivity index (χ2n) is 8.36. The van der Waals surface area contributed by atoms with E-state index in [-0.39, 0.29) is 24.3 Å². The fourth-order valence-corrected chi connectivity index (χ4v) is 3.55. The van der Waals surface area contributed by atoms with E-state index in [0.29, 0.717) is 24.8 Å². The standard InChI is InChI=1S/C24H31N3O3/c1-16(2)19-9-8-18(4)21(12-19)30-15-23(28)27-11-5-6-20(14-27)24(29)26-22-10-7-17(3)13-25-22/h7-10,12-13,16,20H,5-6,11,14-15H2,1-4H3,(H,25,26,29). The number of nitrogens with zero attached hydrogens (tertiary/aromatic N) is 2. The third-order valence-electron chi connectivity index (χ3n) is 5.54. The maximum atomic E-state index is 12.7. The van der Waals surface area contributed by atoms with Crippen LogP contribution in [0.15, 0.2) is 36.5 Å². The number of rotatable bonds is 6. The third kappa shape index (κ3) is 5.59. The highest BCUT2D eigenvalue weighted by Crippen LogP contribution is 2.25. The molecule has 160 valence electrons. The number of ether oxygens (including phenoxy) is 1. The van der Waals surface area contributed by atoms with Gasteiger partial charge in [-0.2, -0.15) is 0 Å². The highest BCUT2D eigenvalue weighted by atomic mass is 16.5. The summed E-state index contributed by atoms with van der Waals surface area (Å²) in [5.74, 6) is 1.26. The van der Waals surface area contributed by atoms with Crippen LogP contribution in [0.4, 0.5) is 5.82 Å². The Kier molecular flexibility index (Phi) is 7.08. The number of amides is 2. The summed E-state index contributed by atoms with van der Waals surface area (Å²) in [7, 11) is 0. The highest BCUT2D eigenvalue weighted by Gasteiger charge is 2.29. The summed E-state index contributed by atoms with van der Waals surface area (Å²) in [6.07, 6.45) is 3.28. The Labute approximate surface area is 178 Å². The molecule has 6 nitrogen and oxygen atoms in total. The lowest BCUT2D eigenvalue weighted by molar-refractivity contribution is -0.136. The number of aromatic nitrogens is 1. The van der Waals surface area contributed by atoms with Crippen LogP contribution < -0.4 is 10.1 Å². The number of carbonyl (C=O) groups excluding carboxylic acids is 2. The maximum Gasteiger partial charge on any atom is 0.260 e. The maximum absolute atomic E-state index is 12.7. The third-order valence-corrected chi connectivity index (χ3v) is 5.54. The molecular weight excluding hydrogens is 378 g/mol. The fraction of sp³-hybridized carbons (Fsp3) is 0.458. The van der Waals surface area contributed by atoms with E-state index in [1.54, 1.807) is 17.2 Å². The number of aryl methyl sites for hydroxylation is 2. The molecule has 1 aromatic carbocycles. The molecule has 1 saturated heterocycles. The SMILES string of the molecule is Cc1ccc(NC(=O)C2CCCN(C(=O)COc3cc(C(C)C)ccc3C)C2)nc1. The average Bonchev–Trinajstić information content (AvgIpc) is 2.74. The van der Waals surface area contributed by atoms with Crippen LogP contribution in [0.2, 0.25) is 0 Å². The van der Waals surface area contributed by atoms with Crippen molar-refractivity contribution < 1.29 is 14.3 Å². The molecule has 3 rings (SSSR count). The van der Waals surface area contributed by atoms with Crippen molar-refractivity contribution >= 4 is 17.6 Å². The van der Waals surface area contributed by atoms with Gasteiger partial charge in [0.15, 0.2) is 6.61 Å². The van der Waals surface area contributed by atoms with Crippen molar-refractivity contribution in [3.8, 4) is 5.75 Å². The van der Waals surface area contributed by atoms with Crippen LogP contribution >= 0.6 is 0 Å². The summed E-state index contributed by atoms with van der Waals surface area (Å²) in [6.45, 7) is 9.23. The molecule has 30 heavy (non-hydrogen) atoms. The Hall–Kier alpha value is -2.89. The molecule has 0 radical (unpaired) electrons. The van der Waals surface area contributed by atoms with Gasteiger partial charge >= 0.3 is 0 Å². The van der Waals surface area contributed by atoms with E-state index in [2.05, 4.69) is 30.2 Å². The van der Waals surface area contributed by atoms with Gasteiger partial charge in [0.1, 0.15) is 11.6 Å². The summed E-state index contributed by atoms with van der Waals surface area (Å²) in [5.41, 5.74) is 3.23. The Morgan fingerprint density at radius 2 is 2.03 bits per heavy atom. The van der Waals surface area contributed by atoms with E-state index < -0.39 is 0 Å². The van der Waals surface area contributed by atoms with E-state index in [0.717, 1.165) is 29.7 Å². The van der Waals surface area contributed by atoms with Crippen molar-refractivity contribution in [1.82, 2.24) is 9.88 Å². The normalized spacial score (nSPS) is 16.4. The molecule has 2 heterocycles. The number of anilines is 1. The number of likely N-dealkylation sites (tertiary alicyclic amines) is 1. The number of nitrogens with one attached hydrogen (secondary N) is 1. The molecule has 1 fully saturated rings. The number of pyridine rings is 1. The predicted octanol–water partition coefficient (Wildman–Crippen LogP) is 4.08. The van der Waals surface area contributed by atoms with Crippen molar-refractivity contribution in [3.63, 3.8) is 0 Å². The van der Waals surface area contributed by atoms with Crippen LogP contribution in [-0.2, 0) is 9.59 Å². The quantitative estimate of drug-likeness (QED) is 0.780. The van der Waals surface area contributed by atoms with E-state index >= 15 is 0 Å². The number of carbonyl (C=O) groups is 2. The molecular formula is C24H31N3O3. The van der Waals surface area contributed by atoms with Crippen LogP contribution in [0.1, 0.15) is 49.3 Å². The van der Waals surface area contributed by atoms with Gasteiger partial charge in [-0.25, -0.2) is 4.98 Å².